The van der Waals surface area contributed by atoms with E-state index in [1.807, 2.05) is 16.8 Å². The van der Waals surface area contributed by atoms with Crippen molar-refractivity contribution in [3.63, 3.8) is 0 Å². The smallest absolute Gasteiger partial charge is 0.227 e. The normalized spacial score (nSPS) is 25.2. The largest absolute Gasteiger partial charge is 0.342 e. The van der Waals surface area contributed by atoms with Crippen molar-refractivity contribution in [2.75, 3.05) is 20.1 Å². The lowest BCUT2D eigenvalue weighted by Crippen LogP contribution is -2.48. The zero-order chi connectivity index (χ0) is 13.8. The van der Waals surface area contributed by atoms with Gasteiger partial charge in [0.25, 0.3) is 0 Å². The van der Waals surface area contributed by atoms with E-state index in [4.69, 9.17) is 0 Å². The van der Waals surface area contributed by atoms with E-state index in [-0.39, 0.29) is 17.7 Å². The van der Waals surface area contributed by atoms with E-state index in [9.17, 15) is 9.59 Å². The minimum atomic E-state index is 0.0181. The van der Waals surface area contributed by atoms with Crippen molar-refractivity contribution in [2.24, 2.45) is 5.92 Å². The molecule has 2 aliphatic rings. The molecule has 0 radical (unpaired) electrons. The quantitative estimate of drug-likeness (QED) is 0.767. The summed E-state index contributed by atoms with van der Waals surface area (Å²) in [7, 11) is 1.95. The van der Waals surface area contributed by atoms with Gasteiger partial charge in [-0.25, -0.2) is 0 Å². The molecule has 108 valence electrons. The van der Waals surface area contributed by atoms with Gasteiger partial charge in [0.05, 0.1) is 5.92 Å². The van der Waals surface area contributed by atoms with E-state index < -0.39 is 0 Å². The zero-order valence-electron chi connectivity index (χ0n) is 12.2. The zero-order valence-corrected chi connectivity index (χ0v) is 12.2. The number of hydrogen-bond donors (Lipinski definition) is 0. The molecular formula is C15H26N2O2. The first kappa shape index (κ1) is 14.4. The molecule has 2 rings (SSSR count). The van der Waals surface area contributed by atoms with Crippen LogP contribution in [0.5, 0.6) is 0 Å². The molecule has 0 spiro atoms. The van der Waals surface area contributed by atoms with E-state index in [0.717, 1.165) is 32.2 Å². The second-order valence-electron chi connectivity index (χ2n) is 6.05. The molecule has 4 heteroatoms. The molecule has 0 bridgehead atoms. The Balaban J connectivity index is 1.92. The van der Waals surface area contributed by atoms with Crippen LogP contribution in [0.2, 0.25) is 0 Å². The van der Waals surface area contributed by atoms with Crippen molar-refractivity contribution in [1.29, 1.82) is 0 Å². The fourth-order valence-electron chi connectivity index (χ4n) is 3.40. The summed E-state index contributed by atoms with van der Waals surface area (Å²) in [6.45, 7) is 3.02. The number of hydrogen-bond acceptors (Lipinski definition) is 2. The van der Waals surface area contributed by atoms with E-state index in [2.05, 4.69) is 0 Å². The second-order valence-corrected chi connectivity index (χ2v) is 6.05. The molecule has 4 nitrogen and oxygen atoms in total. The first-order chi connectivity index (χ1) is 9.09. The lowest BCUT2D eigenvalue weighted by Gasteiger charge is -2.37. The maximum atomic E-state index is 12.6. The Hall–Kier alpha value is -1.06. The lowest BCUT2D eigenvalue weighted by molar-refractivity contribution is -0.141. The van der Waals surface area contributed by atoms with E-state index in [1.165, 1.54) is 19.3 Å². The van der Waals surface area contributed by atoms with Crippen molar-refractivity contribution in [3.05, 3.63) is 0 Å². The molecular weight excluding hydrogens is 240 g/mol. The Morgan fingerprint density at radius 2 is 1.74 bits per heavy atom. The third-order valence-corrected chi connectivity index (χ3v) is 4.69. The molecule has 0 aromatic rings. The summed E-state index contributed by atoms with van der Waals surface area (Å²) in [5.74, 6) is 0.361. The molecule has 2 fully saturated rings. The summed E-state index contributed by atoms with van der Waals surface area (Å²) in [6.07, 6.45) is 7.96. The average Bonchev–Trinajstić information content (AvgIpc) is 2.46. The number of rotatable bonds is 2. The minimum absolute atomic E-state index is 0.0181. The van der Waals surface area contributed by atoms with Gasteiger partial charge in [0.2, 0.25) is 11.8 Å². The number of likely N-dealkylation sites (tertiary alicyclic amines) is 1. The Bertz CT molecular complexity index is 337. The molecule has 1 aliphatic heterocycles. The van der Waals surface area contributed by atoms with E-state index in [1.54, 1.807) is 6.92 Å². The number of amides is 2. The van der Waals surface area contributed by atoms with Gasteiger partial charge >= 0.3 is 0 Å². The third kappa shape index (κ3) is 3.48. The molecule has 0 N–H and O–H groups in total. The average molecular weight is 266 g/mol. The molecule has 0 aromatic heterocycles. The van der Waals surface area contributed by atoms with Crippen molar-refractivity contribution >= 4 is 11.8 Å². The minimum Gasteiger partial charge on any atom is -0.342 e. The predicted molar refractivity (Wildman–Crippen MR) is 74.6 cm³/mol. The van der Waals surface area contributed by atoms with Crippen molar-refractivity contribution in [2.45, 2.75) is 57.9 Å². The number of carbonyl (C=O) groups excluding carboxylic acids is 2. The predicted octanol–water partition coefficient (Wildman–Crippen LogP) is 2.04. The van der Waals surface area contributed by atoms with Crippen LogP contribution in [0.25, 0.3) is 0 Å². The highest BCUT2D eigenvalue weighted by molar-refractivity contribution is 5.80. The van der Waals surface area contributed by atoms with Crippen LogP contribution < -0.4 is 0 Å². The molecule has 19 heavy (non-hydrogen) atoms. The molecule has 1 atom stereocenters. The number of piperidine rings is 1. The maximum Gasteiger partial charge on any atom is 0.227 e. The highest BCUT2D eigenvalue weighted by Crippen LogP contribution is 2.25. The molecule has 0 aromatic carbocycles. The number of nitrogens with zero attached hydrogens (tertiary/aromatic N) is 2. The summed E-state index contributed by atoms with van der Waals surface area (Å²) in [6, 6.07) is 0.425. The molecule has 1 aliphatic carbocycles. The summed E-state index contributed by atoms with van der Waals surface area (Å²) in [5.41, 5.74) is 0. The monoisotopic (exact) mass is 266 g/mol. The molecule has 1 heterocycles. The molecule has 1 saturated carbocycles. The SMILES string of the molecule is CC(=O)N1CCCC(C(=O)N(C)C2CCCCC2)C1. The fourth-order valence-corrected chi connectivity index (χ4v) is 3.40. The van der Waals surface area contributed by atoms with Crippen LogP contribution in [0, 0.1) is 5.92 Å². The van der Waals surface area contributed by atoms with Crippen molar-refractivity contribution < 1.29 is 9.59 Å². The van der Waals surface area contributed by atoms with Crippen LogP contribution in [-0.4, -0.2) is 47.8 Å². The third-order valence-electron chi connectivity index (χ3n) is 4.69. The van der Waals surface area contributed by atoms with Crippen LogP contribution in [-0.2, 0) is 9.59 Å². The van der Waals surface area contributed by atoms with E-state index >= 15 is 0 Å². The van der Waals surface area contributed by atoms with Gasteiger partial charge in [-0.05, 0) is 25.7 Å². The van der Waals surface area contributed by atoms with Crippen LogP contribution in [0.1, 0.15) is 51.9 Å². The van der Waals surface area contributed by atoms with Gasteiger partial charge in [0.1, 0.15) is 0 Å². The summed E-state index contributed by atoms with van der Waals surface area (Å²) < 4.78 is 0. The fraction of sp³-hybridized carbons (Fsp3) is 0.867. The first-order valence-corrected chi connectivity index (χ1v) is 7.61. The highest BCUT2D eigenvalue weighted by atomic mass is 16.2. The summed E-state index contributed by atoms with van der Waals surface area (Å²) in [4.78, 5) is 27.8. The standard InChI is InChI=1S/C15H26N2O2/c1-12(18)17-10-6-7-13(11-17)15(19)16(2)14-8-4-3-5-9-14/h13-14H,3-11H2,1-2H3. The molecule has 2 amide bonds. The topological polar surface area (TPSA) is 40.6 Å². The van der Waals surface area contributed by atoms with Crippen LogP contribution in [0.3, 0.4) is 0 Å². The number of carbonyl (C=O) groups is 2. The van der Waals surface area contributed by atoms with Gasteiger partial charge in [-0.3, -0.25) is 9.59 Å². The maximum absolute atomic E-state index is 12.6. The van der Waals surface area contributed by atoms with Gasteiger partial charge in [-0.2, -0.15) is 0 Å². The van der Waals surface area contributed by atoms with Crippen LogP contribution >= 0.6 is 0 Å². The van der Waals surface area contributed by atoms with Crippen LogP contribution in [0.15, 0.2) is 0 Å². The highest BCUT2D eigenvalue weighted by Gasteiger charge is 2.31. The summed E-state index contributed by atoms with van der Waals surface area (Å²) in [5, 5.41) is 0. The Kier molecular flexibility index (Phi) is 4.83. The second kappa shape index (κ2) is 6.40. The molecule has 1 unspecified atom stereocenters. The van der Waals surface area contributed by atoms with Crippen LogP contribution in [0.4, 0.5) is 0 Å². The summed E-state index contributed by atoms with van der Waals surface area (Å²) >= 11 is 0. The Labute approximate surface area is 116 Å². The van der Waals surface area contributed by atoms with Crippen molar-refractivity contribution in [3.8, 4) is 0 Å². The Morgan fingerprint density at radius 3 is 2.37 bits per heavy atom. The van der Waals surface area contributed by atoms with Gasteiger partial charge in [0, 0.05) is 33.1 Å². The van der Waals surface area contributed by atoms with Gasteiger partial charge in [-0.1, -0.05) is 19.3 Å². The molecule has 1 saturated heterocycles. The van der Waals surface area contributed by atoms with Gasteiger partial charge < -0.3 is 9.80 Å². The van der Waals surface area contributed by atoms with Gasteiger partial charge in [0.15, 0.2) is 0 Å². The first-order valence-electron chi connectivity index (χ1n) is 7.61. The van der Waals surface area contributed by atoms with E-state index in [0.29, 0.717) is 12.6 Å². The van der Waals surface area contributed by atoms with Gasteiger partial charge in [-0.15, -0.1) is 0 Å². The Morgan fingerprint density at radius 1 is 1.05 bits per heavy atom. The lowest BCUT2D eigenvalue weighted by atomic mass is 9.91. The van der Waals surface area contributed by atoms with Crippen molar-refractivity contribution in [1.82, 2.24) is 9.80 Å².